The van der Waals surface area contributed by atoms with Crippen LogP contribution in [0.15, 0.2) is 72.8 Å². The van der Waals surface area contributed by atoms with Crippen molar-refractivity contribution in [2.45, 2.75) is 25.6 Å². The molecule has 1 fully saturated rings. The lowest BCUT2D eigenvalue weighted by molar-refractivity contribution is 0.200. The van der Waals surface area contributed by atoms with Gasteiger partial charge in [0.15, 0.2) is 0 Å². The van der Waals surface area contributed by atoms with Gasteiger partial charge in [0.05, 0.1) is 6.04 Å². The number of hydrogen-bond donors (Lipinski definition) is 0. The Hall–Kier alpha value is -2.39. The lowest BCUT2D eigenvalue weighted by Gasteiger charge is -2.22. The van der Waals surface area contributed by atoms with Crippen LogP contribution in [-0.2, 0) is 11.3 Å². The Morgan fingerprint density at radius 2 is 1.62 bits per heavy atom. The summed E-state index contributed by atoms with van der Waals surface area (Å²) in [5.74, 6) is 0. The van der Waals surface area contributed by atoms with E-state index in [9.17, 15) is 0 Å². The van der Waals surface area contributed by atoms with Gasteiger partial charge in [-0.05, 0) is 47.1 Å². The summed E-state index contributed by atoms with van der Waals surface area (Å²) >= 11 is 5.49. The third-order valence-corrected chi connectivity index (χ3v) is 5.02. The van der Waals surface area contributed by atoms with Crippen molar-refractivity contribution in [3.05, 3.63) is 83.9 Å². The van der Waals surface area contributed by atoms with Gasteiger partial charge in [-0.25, -0.2) is 0 Å². The topological polar surface area (TPSA) is 12.5 Å². The molecular weight excluding hydrogens is 314 g/mol. The first kappa shape index (κ1) is 15.2. The number of nitrogens with zero attached hydrogens (tertiary/aromatic N) is 1. The van der Waals surface area contributed by atoms with Crippen molar-refractivity contribution in [2.24, 2.45) is 0 Å². The van der Waals surface area contributed by atoms with E-state index in [0.717, 1.165) is 6.54 Å². The molecule has 0 N–H and O–H groups in total. The molecule has 2 atom stereocenters. The van der Waals surface area contributed by atoms with Crippen LogP contribution in [0.2, 0.25) is 0 Å². The van der Waals surface area contributed by atoms with Crippen LogP contribution in [0.4, 0.5) is 0 Å². The summed E-state index contributed by atoms with van der Waals surface area (Å²) in [6.45, 7) is 2.95. The minimum atomic E-state index is -0.000781. The molecule has 0 amide bonds. The maximum absolute atomic E-state index is 5.99. The Kier molecular flexibility index (Phi) is 3.95. The quantitative estimate of drug-likeness (QED) is 0.620. The van der Waals surface area contributed by atoms with Crippen LogP contribution in [-0.4, -0.2) is 16.1 Å². The van der Waals surface area contributed by atoms with Gasteiger partial charge in [-0.1, -0.05) is 66.7 Å². The van der Waals surface area contributed by atoms with Crippen LogP contribution in [0.25, 0.3) is 10.8 Å². The molecular formula is C21H19NOS. The summed E-state index contributed by atoms with van der Waals surface area (Å²) < 4.78 is 5.99. The Morgan fingerprint density at radius 1 is 0.917 bits per heavy atom. The summed E-state index contributed by atoms with van der Waals surface area (Å²) in [4.78, 5) is 2.18. The van der Waals surface area contributed by atoms with Crippen molar-refractivity contribution < 1.29 is 4.74 Å². The van der Waals surface area contributed by atoms with E-state index in [-0.39, 0.29) is 12.1 Å². The Balaban J connectivity index is 1.58. The molecule has 24 heavy (non-hydrogen) atoms. The lowest BCUT2D eigenvalue weighted by atomic mass is 10.0. The zero-order chi connectivity index (χ0) is 16.5. The van der Waals surface area contributed by atoms with Gasteiger partial charge in [0.1, 0.15) is 6.10 Å². The van der Waals surface area contributed by atoms with Crippen LogP contribution in [0.1, 0.15) is 24.2 Å². The molecule has 4 rings (SSSR count). The summed E-state index contributed by atoms with van der Waals surface area (Å²) in [7, 11) is 0. The third-order valence-electron chi connectivity index (χ3n) is 4.69. The van der Waals surface area contributed by atoms with E-state index in [0.29, 0.717) is 5.17 Å². The van der Waals surface area contributed by atoms with Crippen LogP contribution in [0.5, 0.6) is 0 Å². The van der Waals surface area contributed by atoms with E-state index in [1.54, 1.807) is 0 Å². The maximum Gasteiger partial charge on any atom is 0.260 e. The fraction of sp³-hybridized carbons (Fsp3) is 0.190. The molecule has 1 aliphatic rings. The van der Waals surface area contributed by atoms with Crippen molar-refractivity contribution in [1.82, 2.24) is 4.90 Å². The Bertz CT molecular complexity index is 877. The molecule has 0 aliphatic carbocycles. The highest BCUT2D eigenvalue weighted by Crippen LogP contribution is 2.33. The smallest absolute Gasteiger partial charge is 0.260 e. The van der Waals surface area contributed by atoms with Crippen molar-refractivity contribution in [3.8, 4) is 0 Å². The molecule has 3 aromatic carbocycles. The van der Waals surface area contributed by atoms with E-state index in [1.165, 1.54) is 21.9 Å². The fourth-order valence-corrected chi connectivity index (χ4v) is 3.67. The van der Waals surface area contributed by atoms with E-state index in [1.807, 2.05) is 18.2 Å². The summed E-state index contributed by atoms with van der Waals surface area (Å²) in [6, 6.07) is 25.5. The highest BCUT2D eigenvalue weighted by Gasteiger charge is 2.36. The molecule has 3 heteroatoms. The fourth-order valence-electron chi connectivity index (χ4n) is 3.34. The molecule has 1 aliphatic heterocycles. The standard InChI is InChI=1S/C21H19NOS/c1-15-20(18-8-3-2-4-9-18)23-21(24)22(15)14-16-11-12-17-7-5-6-10-19(17)13-16/h2-13,15,20H,14H2,1H3/t15-,20-/m0/s1. The Morgan fingerprint density at radius 3 is 2.42 bits per heavy atom. The molecule has 0 saturated carbocycles. The molecule has 1 heterocycles. The molecule has 0 aromatic heterocycles. The summed E-state index contributed by atoms with van der Waals surface area (Å²) in [5, 5.41) is 3.11. The highest BCUT2D eigenvalue weighted by molar-refractivity contribution is 7.80. The number of hydrogen-bond acceptors (Lipinski definition) is 2. The number of benzene rings is 3. The lowest BCUT2D eigenvalue weighted by Crippen LogP contribution is -2.31. The van der Waals surface area contributed by atoms with Gasteiger partial charge in [0.2, 0.25) is 0 Å². The molecule has 120 valence electrons. The summed E-state index contributed by atoms with van der Waals surface area (Å²) in [5.41, 5.74) is 2.42. The van der Waals surface area contributed by atoms with Crippen LogP contribution < -0.4 is 0 Å². The molecule has 0 bridgehead atoms. The van der Waals surface area contributed by atoms with Crippen LogP contribution in [0.3, 0.4) is 0 Å². The first-order valence-corrected chi connectivity index (χ1v) is 8.63. The van der Waals surface area contributed by atoms with Crippen molar-refractivity contribution >= 4 is 28.2 Å². The summed E-state index contributed by atoms with van der Waals surface area (Å²) in [6.07, 6.45) is -0.000781. The van der Waals surface area contributed by atoms with Gasteiger partial charge in [0.25, 0.3) is 5.17 Å². The predicted molar refractivity (Wildman–Crippen MR) is 102 cm³/mol. The van der Waals surface area contributed by atoms with Crippen LogP contribution >= 0.6 is 12.2 Å². The van der Waals surface area contributed by atoms with Gasteiger partial charge in [-0.2, -0.15) is 0 Å². The van der Waals surface area contributed by atoms with Gasteiger partial charge in [-0.15, -0.1) is 0 Å². The normalized spacial score (nSPS) is 20.4. The minimum absolute atomic E-state index is 0.000781. The van der Waals surface area contributed by atoms with E-state index < -0.39 is 0 Å². The highest BCUT2D eigenvalue weighted by atomic mass is 32.1. The van der Waals surface area contributed by atoms with E-state index in [2.05, 4.69) is 66.4 Å². The average molecular weight is 333 g/mol. The largest absolute Gasteiger partial charge is 0.461 e. The monoisotopic (exact) mass is 333 g/mol. The molecule has 0 unspecified atom stereocenters. The number of thiocarbonyl (C=S) groups is 1. The maximum atomic E-state index is 5.99. The van der Waals surface area contributed by atoms with Gasteiger partial charge < -0.3 is 9.64 Å². The van der Waals surface area contributed by atoms with Crippen molar-refractivity contribution in [3.63, 3.8) is 0 Å². The third kappa shape index (κ3) is 2.76. The van der Waals surface area contributed by atoms with Crippen molar-refractivity contribution in [2.75, 3.05) is 0 Å². The average Bonchev–Trinajstić information content (AvgIpc) is 2.90. The zero-order valence-electron chi connectivity index (χ0n) is 13.6. The molecule has 0 radical (unpaired) electrons. The van der Waals surface area contributed by atoms with E-state index >= 15 is 0 Å². The first-order chi connectivity index (χ1) is 11.7. The first-order valence-electron chi connectivity index (χ1n) is 8.22. The molecule has 3 aromatic rings. The minimum Gasteiger partial charge on any atom is -0.461 e. The zero-order valence-corrected chi connectivity index (χ0v) is 14.4. The molecule has 0 spiro atoms. The van der Waals surface area contributed by atoms with Gasteiger partial charge in [-0.3, -0.25) is 0 Å². The second kappa shape index (κ2) is 6.25. The van der Waals surface area contributed by atoms with Crippen molar-refractivity contribution in [1.29, 1.82) is 0 Å². The van der Waals surface area contributed by atoms with Gasteiger partial charge in [0, 0.05) is 6.54 Å². The van der Waals surface area contributed by atoms with E-state index in [4.69, 9.17) is 17.0 Å². The predicted octanol–water partition coefficient (Wildman–Crippen LogP) is 5.09. The molecule has 1 saturated heterocycles. The number of fused-ring (bicyclic) bond motifs is 1. The second-order valence-electron chi connectivity index (χ2n) is 6.27. The number of rotatable bonds is 3. The second-order valence-corrected chi connectivity index (χ2v) is 6.61. The SMILES string of the molecule is C[C@H]1[C@@H](c2ccccc2)OC(=S)N1Cc1ccc2ccccc2c1. The molecule has 2 nitrogen and oxygen atoms in total. The van der Waals surface area contributed by atoms with Crippen LogP contribution in [0, 0.1) is 0 Å². The Labute approximate surface area is 147 Å². The number of ether oxygens (including phenoxy) is 1. The van der Waals surface area contributed by atoms with Gasteiger partial charge >= 0.3 is 0 Å².